The molecule has 1 aliphatic rings. The molecule has 0 spiro atoms. The first-order valence-electron chi connectivity index (χ1n) is 6.48. The molecule has 3 nitrogen and oxygen atoms in total. The summed E-state index contributed by atoms with van der Waals surface area (Å²) in [6.45, 7) is 3.42. The van der Waals surface area contributed by atoms with Crippen LogP contribution < -0.4 is 10.6 Å². The molecule has 1 aromatic carbocycles. The van der Waals surface area contributed by atoms with Crippen molar-refractivity contribution in [3.05, 3.63) is 35.4 Å². The minimum atomic E-state index is -0.486. The molecule has 0 aromatic heterocycles. The van der Waals surface area contributed by atoms with E-state index in [0.29, 0.717) is 0 Å². The number of hydrogen-bond acceptors (Lipinski definition) is 2. The van der Waals surface area contributed by atoms with E-state index in [1.165, 1.54) is 0 Å². The average molecular weight is 268 g/mol. The van der Waals surface area contributed by atoms with Crippen molar-refractivity contribution in [2.24, 2.45) is 0 Å². The van der Waals surface area contributed by atoms with Gasteiger partial charge in [0, 0.05) is 17.6 Å². The minimum absolute atomic E-state index is 0.105. The Kier molecular flexibility index (Phi) is 4.14. The molecule has 104 valence electrons. The van der Waals surface area contributed by atoms with Gasteiger partial charge in [0.2, 0.25) is 5.91 Å². The largest absolute Gasteiger partial charge is 0.352 e. The molecule has 19 heavy (non-hydrogen) atoms. The molecule has 1 fully saturated rings. The van der Waals surface area contributed by atoms with Gasteiger partial charge in [-0.05, 0) is 44.9 Å². The van der Waals surface area contributed by atoms with Crippen LogP contribution >= 0.6 is 0 Å². The Morgan fingerprint density at radius 3 is 2.63 bits per heavy atom. The van der Waals surface area contributed by atoms with Crippen molar-refractivity contribution in [1.82, 2.24) is 10.6 Å². The van der Waals surface area contributed by atoms with Crippen molar-refractivity contribution < 1.29 is 13.6 Å². The van der Waals surface area contributed by atoms with Gasteiger partial charge in [0.1, 0.15) is 11.6 Å². The molecule has 2 rings (SSSR count). The summed E-state index contributed by atoms with van der Waals surface area (Å²) < 4.78 is 26.7. The summed E-state index contributed by atoms with van der Waals surface area (Å²) in [5, 5.41) is 5.85. The van der Waals surface area contributed by atoms with E-state index in [9.17, 15) is 13.6 Å². The third-order valence-electron chi connectivity index (χ3n) is 3.24. The normalized spacial score (nSPS) is 17.9. The number of carbonyl (C=O) groups is 1. The third-order valence-corrected chi connectivity index (χ3v) is 3.24. The second kappa shape index (κ2) is 5.65. The fourth-order valence-corrected chi connectivity index (χ4v) is 1.94. The summed E-state index contributed by atoms with van der Waals surface area (Å²) >= 11 is 0. The molecule has 2 atom stereocenters. The van der Waals surface area contributed by atoms with Gasteiger partial charge >= 0.3 is 0 Å². The first-order chi connectivity index (χ1) is 8.97. The zero-order chi connectivity index (χ0) is 14.0. The van der Waals surface area contributed by atoms with Gasteiger partial charge in [0.15, 0.2) is 0 Å². The summed E-state index contributed by atoms with van der Waals surface area (Å²) in [5.74, 6) is -1.07. The van der Waals surface area contributed by atoms with E-state index >= 15 is 0 Å². The lowest BCUT2D eigenvalue weighted by molar-refractivity contribution is -0.123. The Bertz CT molecular complexity index is 475. The number of benzene rings is 1. The number of halogens is 2. The molecular formula is C14H18F2N2O. The lowest BCUT2D eigenvalue weighted by atomic mass is 10.1. The van der Waals surface area contributed by atoms with Crippen LogP contribution in [0.4, 0.5) is 8.78 Å². The zero-order valence-corrected chi connectivity index (χ0v) is 11.0. The summed E-state index contributed by atoms with van der Waals surface area (Å²) in [5.41, 5.74) is 0.228. The van der Waals surface area contributed by atoms with E-state index in [4.69, 9.17) is 0 Å². The van der Waals surface area contributed by atoms with E-state index in [2.05, 4.69) is 10.6 Å². The molecule has 1 aromatic rings. The number of hydrogen-bond donors (Lipinski definition) is 2. The highest BCUT2D eigenvalue weighted by molar-refractivity contribution is 5.81. The third kappa shape index (κ3) is 3.73. The van der Waals surface area contributed by atoms with Gasteiger partial charge in [-0.15, -0.1) is 0 Å². The number of amides is 1. The van der Waals surface area contributed by atoms with E-state index in [-0.39, 0.29) is 17.5 Å². The predicted molar refractivity (Wildman–Crippen MR) is 68.5 cm³/mol. The van der Waals surface area contributed by atoms with Crippen molar-refractivity contribution in [2.45, 2.75) is 44.8 Å². The lowest BCUT2D eigenvalue weighted by Gasteiger charge is -2.20. The summed E-state index contributed by atoms with van der Waals surface area (Å²) in [4.78, 5) is 11.8. The molecular weight excluding hydrogens is 250 g/mol. The van der Waals surface area contributed by atoms with Crippen LogP contribution in [-0.4, -0.2) is 18.0 Å². The molecule has 5 heteroatoms. The van der Waals surface area contributed by atoms with Gasteiger partial charge in [-0.3, -0.25) is 10.1 Å². The quantitative estimate of drug-likeness (QED) is 0.860. The Labute approximate surface area is 111 Å². The molecule has 2 unspecified atom stereocenters. The molecule has 0 saturated heterocycles. The molecule has 0 heterocycles. The maximum Gasteiger partial charge on any atom is 0.237 e. The molecule has 1 amide bonds. The second-order valence-corrected chi connectivity index (χ2v) is 5.06. The zero-order valence-electron chi connectivity index (χ0n) is 11.0. The highest BCUT2D eigenvalue weighted by Gasteiger charge is 2.26. The van der Waals surface area contributed by atoms with Gasteiger partial charge in [-0.1, -0.05) is 0 Å². The first kappa shape index (κ1) is 13.9. The topological polar surface area (TPSA) is 41.1 Å². The van der Waals surface area contributed by atoms with E-state index in [1.54, 1.807) is 13.8 Å². The van der Waals surface area contributed by atoms with Gasteiger partial charge in [0.05, 0.1) is 6.04 Å². The smallest absolute Gasteiger partial charge is 0.237 e. The van der Waals surface area contributed by atoms with Crippen LogP contribution in [0.5, 0.6) is 0 Å². The van der Waals surface area contributed by atoms with Crippen molar-refractivity contribution in [2.75, 3.05) is 0 Å². The van der Waals surface area contributed by atoms with Crippen LogP contribution in [0.1, 0.15) is 38.3 Å². The molecule has 0 aliphatic heterocycles. The second-order valence-electron chi connectivity index (χ2n) is 5.06. The molecule has 2 N–H and O–H groups in total. The standard InChI is InChI=1S/C14H18F2N2O/c1-8(12-7-10(15)3-6-13(12)16)17-9(2)14(19)18-11-4-5-11/h3,6-9,11,17H,4-5H2,1-2H3,(H,18,19). The SMILES string of the molecule is CC(NC(C)c1cc(F)ccc1F)C(=O)NC1CC1. The van der Waals surface area contributed by atoms with Gasteiger partial charge < -0.3 is 5.32 Å². The van der Waals surface area contributed by atoms with Crippen molar-refractivity contribution in [3.63, 3.8) is 0 Å². The number of carbonyl (C=O) groups excluding carboxylic acids is 1. The minimum Gasteiger partial charge on any atom is -0.352 e. The van der Waals surface area contributed by atoms with Gasteiger partial charge in [-0.2, -0.15) is 0 Å². The van der Waals surface area contributed by atoms with Gasteiger partial charge in [0.25, 0.3) is 0 Å². The molecule has 1 aliphatic carbocycles. The van der Waals surface area contributed by atoms with E-state index in [1.807, 2.05) is 0 Å². The summed E-state index contributed by atoms with van der Waals surface area (Å²) in [6.07, 6.45) is 2.04. The lowest BCUT2D eigenvalue weighted by Crippen LogP contribution is -2.44. The van der Waals surface area contributed by atoms with Crippen LogP contribution in [0.15, 0.2) is 18.2 Å². The van der Waals surface area contributed by atoms with Gasteiger partial charge in [-0.25, -0.2) is 8.78 Å². The number of nitrogens with one attached hydrogen (secondary N) is 2. The van der Waals surface area contributed by atoms with Crippen molar-refractivity contribution in [3.8, 4) is 0 Å². The Balaban J connectivity index is 1.97. The summed E-state index contributed by atoms with van der Waals surface area (Å²) in [7, 11) is 0. The highest BCUT2D eigenvalue weighted by atomic mass is 19.1. The average Bonchev–Trinajstić information content (AvgIpc) is 3.15. The Hall–Kier alpha value is -1.49. The summed E-state index contributed by atoms with van der Waals surface area (Å²) in [6, 6.07) is 2.73. The fraction of sp³-hybridized carbons (Fsp3) is 0.500. The van der Waals surface area contributed by atoms with Crippen molar-refractivity contribution >= 4 is 5.91 Å². The number of rotatable bonds is 5. The van der Waals surface area contributed by atoms with Crippen molar-refractivity contribution in [1.29, 1.82) is 0 Å². The molecule has 0 radical (unpaired) electrons. The molecule has 1 saturated carbocycles. The monoisotopic (exact) mass is 268 g/mol. The maximum atomic E-state index is 13.6. The van der Waals surface area contributed by atoms with E-state index < -0.39 is 23.7 Å². The predicted octanol–water partition coefficient (Wildman–Crippen LogP) is 2.28. The van der Waals surface area contributed by atoms with E-state index in [0.717, 1.165) is 31.0 Å². The van der Waals surface area contributed by atoms with Crippen LogP contribution in [0.25, 0.3) is 0 Å². The van der Waals surface area contributed by atoms with Crippen LogP contribution in [0.2, 0.25) is 0 Å². The van der Waals surface area contributed by atoms with Crippen LogP contribution in [0, 0.1) is 11.6 Å². The first-order valence-corrected chi connectivity index (χ1v) is 6.48. The maximum absolute atomic E-state index is 13.6. The Morgan fingerprint density at radius 2 is 2.00 bits per heavy atom. The van der Waals surface area contributed by atoms with Crippen LogP contribution in [0.3, 0.4) is 0 Å². The molecule has 0 bridgehead atoms. The fourth-order valence-electron chi connectivity index (χ4n) is 1.94. The highest BCUT2D eigenvalue weighted by Crippen LogP contribution is 2.20. The van der Waals surface area contributed by atoms with Crippen LogP contribution in [-0.2, 0) is 4.79 Å². The Morgan fingerprint density at radius 1 is 1.32 bits per heavy atom.